The predicted molar refractivity (Wildman–Crippen MR) is 80.0 cm³/mol. The Morgan fingerprint density at radius 3 is 2.80 bits per heavy atom. The van der Waals surface area contributed by atoms with E-state index in [2.05, 4.69) is 0 Å². The molecule has 1 saturated carbocycles. The Kier molecular flexibility index (Phi) is 4.89. The second-order valence-corrected chi connectivity index (χ2v) is 5.86. The number of rotatable bonds is 3. The van der Waals surface area contributed by atoms with Crippen molar-refractivity contribution in [3.63, 3.8) is 0 Å². The first-order valence-electron chi connectivity index (χ1n) is 7.00. The molecule has 3 N–H and O–H groups in total. The van der Waals surface area contributed by atoms with Crippen LogP contribution in [0, 0.1) is 5.92 Å². The van der Waals surface area contributed by atoms with Crippen LogP contribution in [0.25, 0.3) is 0 Å². The lowest BCUT2D eigenvalue weighted by molar-refractivity contribution is 0.0617. The van der Waals surface area contributed by atoms with Crippen LogP contribution in [0.3, 0.4) is 0 Å². The molecule has 1 aromatic carbocycles. The van der Waals surface area contributed by atoms with Gasteiger partial charge in [0.15, 0.2) is 0 Å². The van der Waals surface area contributed by atoms with E-state index in [0.717, 1.165) is 19.3 Å². The van der Waals surface area contributed by atoms with Crippen LogP contribution in [0.15, 0.2) is 18.2 Å². The maximum Gasteiger partial charge on any atom is 0.257 e. The minimum atomic E-state index is -0.176. The number of nitrogens with zero attached hydrogens (tertiary/aromatic N) is 1. The lowest BCUT2D eigenvalue weighted by Crippen LogP contribution is -2.45. The zero-order chi connectivity index (χ0) is 14.7. The molecule has 0 bridgehead atoms. The molecule has 2 unspecified atom stereocenters. The van der Waals surface area contributed by atoms with Crippen LogP contribution in [0.1, 0.15) is 36.0 Å². The molecule has 110 valence electrons. The topological polar surface area (TPSA) is 66.6 Å². The fourth-order valence-corrected chi connectivity index (χ4v) is 3.17. The molecule has 20 heavy (non-hydrogen) atoms. The van der Waals surface area contributed by atoms with E-state index in [4.69, 9.17) is 17.3 Å². The van der Waals surface area contributed by atoms with Crippen LogP contribution in [-0.4, -0.2) is 35.5 Å². The summed E-state index contributed by atoms with van der Waals surface area (Å²) in [6, 6.07) is 4.72. The maximum atomic E-state index is 12.5. The van der Waals surface area contributed by atoms with E-state index in [1.807, 2.05) is 0 Å². The Morgan fingerprint density at radius 2 is 2.15 bits per heavy atom. The zero-order valence-corrected chi connectivity index (χ0v) is 12.4. The molecule has 1 aliphatic rings. The highest BCUT2D eigenvalue weighted by Gasteiger charge is 2.31. The van der Waals surface area contributed by atoms with E-state index in [9.17, 15) is 9.90 Å². The standard InChI is InChI=1S/C15H21ClN2O2/c1-18(13-5-3-2-4-10(13)9-17)15(20)12-7-6-11(16)8-14(12)19/h6-8,10,13,19H,2-5,9,17H2,1H3. The Morgan fingerprint density at radius 1 is 1.45 bits per heavy atom. The maximum absolute atomic E-state index is 12.5. The molecule has 2 atom stereocenters. The SMILES string of the molecule is CN(C(=O)c1ccc(Cl)cc1O)C1CCCCC1CN. The van der Waals surface area contributed by atoms with Crippen LogP contribution in [0.5, 0.6) is 5.75 Å². The van der Waals surface area contributed by atoms with E-state index in [0.29, 0.717) is 23.0 Å². The van der Waals surface area contributed by atoms with Crippen LogP contribution in [0.4, 0.5) is 0 Å². The number of nitrogens with two attached hydrogens (primary N) is 1. The largest absolute Gasteiger partial charge is 0.507 e. The van der Waals surface area contributed by atoms with Gasteiger partial charge in [-0.1, -0.05) is 24.4 Å². The summed E-state index contributed by atoms with van der Waals surface area (Å²) >= 11 is 5.79. The van der Waals surface area contributed by atoms with Crippen LogP contribution < -0.4 is 5.73 Å². The third-order valence-electron chi connectivity index (χ3n) is 4.18. The van der Waals surface area contributed by atoms with Crippen molar-refractivity contribution in [2.75, 3.05) is 13.6 Å². The van der Waals surface area contributed by atoms with Gasteiger partial charge < -0.3 is 15.7 Å². The third-order valence-corrected chi connectivity index (χ3v) is 4.41. The molecule has 5 heteroatoms. The number of phenols is 1. The van der Waals surface area contributed by atoms with Crippen molar-refractivity contribution in [2.45, 2.75) is 31.7 Å². The molecule has 0 spiro atoms. The minimum absolute atomic E-state index is 0.0746. The summed E-state index contributed by atoms with van der Waals surface area (Å²) in [6.45, 7) is 0.592. The number of hydrogen-bond donors (Lipinski definition) is 2. The van der Waals surface area contributed by atoms with Gasteiger partial charge in [0.1, 0.15) is 5.75 Å². The number of aromatic hydroxyl groups is 1. The van der Waals surface area contributed by atoms with Gasteiger partial charge in [0, 0.05) is 18.1 Å². The fraction of sp³-hybridized carbons (Fsp3) is 0.533. The van der Waals surface area contributed by atoms with E-state index >= 15 is 0 Å². The summed E-state index contributed by atoms with van der Waals surface area (Å²) in [5, 5.41) is 10.3. The summed E-state index contributed by atoms with van der Waals surface area (Å²) in [7, 11) is 1.79. The fourth-order valence-electron chi connectivity index (χ4n) is 3.00. The molecular weight excluding hydrogens is 276 g/mol. The molecule has 4 nitrogen and oxygen atoms in total. The molecule has 1 aliphatic carbocycles. The Hall–Kier alpha value is -1.26. The lowest BCUT2D eigenvalue weighted by atomic mass is 9.83. The number of benzene rings is 1. The summed E-state index contributed by atoms with van der Waals surface area (Å²) in [6.07, 6.45) is 4.32. The molecule has 1 amide bonds. The predicted octanol–water partition coefficient (Wildman–Crippen LogP) is 2.64. The van der Waals surface area contributed by atoms with Crippen LogP contribution in [-0.2, 0) is 0 Å². The van der Waals surface area contributed by atoms with Gasteiger partial charge >= 0.3 is 0 Å². The molecular formula is C15H21ClN2O2. The van der Waals surface area contributed by atoms with E-state index in [-0.39, 0.29) is 17.7 Å². The van der Waals surface area contributed by atoms with Gasteiger partial charge in [-0.2, -0.15) is 0 Å². The Bertz CT molecular complexity index is 493. The van der Waals surface area contributed by atoms with E-state index < -0.39 is 0 Å². The molecule has 0 saturated heterocycles. The average Bonchev–Trinajstić information content (AvgIpc) is 2.45. The van der Waals surface area contributed by atoms with Gasteiger partial charge in [-0.3, -0.25) is 4.79 Å². The van der Waals surface area contributed by atoms with Gasteiger partial charge in [-0.15, -0.1) is 0 Å². The van der Waals surface area contributed by atoms with Crippen molar-refractivity contribution in [1.82, 2.24) is 4.90 Å². The zero-order valence-electron chi connectivity index (χ0n) is 11.7. The monoisotopic (exact) mass is 296 g/mol. The number of phenolic OH excluding ortho intramolecular Hbond substituents is 1. The van der Waals surface area contributed by atoms with Gasteiger partial charge in [0.25, 0.3) is 5.91 Å². The highest BCUT2D eigenvalue weighted by atomic mass is 35.5. The average molecular weight is 297 g/mol. The van der Waals surface area contributed by atoms with Gasteiger partial charge in [-0.05, 0) is 43.5 Å². The quantitative estimate of drug-likeness (QED) is 0.901. The summed E-state index contributed by atoms with van der Waals surface area (Å²) in [5.74, 6) is 0.0890. The van der Waals surface area contributed by atoms with Crippen molar-refractivity contribution in [3.05, 3.63) is 28.8 Å². The van der Waals surface area contributed by atoms with E-state index in [1.165, 1.54) is 12.5 Å². The van der Waals surface area contributed by atoms with Crippen molar-refractivity contribution >= 4 is 17.5 Å². The third kappa shape index (κ3) is 3.07. The summed E-state index contributed by atoms with van der Waals surface area (Å²) in [4.78, 5) is 14.2. The smallest absolute Gasteiger partial charge is 0.257 e. The first-order chi connectivity index (χ1) is 9.54. The first-order valence-corrected chi connectivity index (χ1v) is 7.38. The van der Waals surface area contributed by atoms with Gasteiger partial charge in [0.2, 0.25) is 0 Å². The second-order valence-electron chi connectivity index (χ2n) is 5.43. The first kappa shape index (κ1) is 15.1. The van der Waals surface area contributed by atoms with Crippen molar-refractivity contribution in [2.24, 2.45) is 11.7 Å². The summed E-state index contributed by atoms with van der Waals surface area (Å²) < 4.78 is 0. The van der Waals surface area contributed by atoms with Gasteiger partial charge in [0.05, 0.1) is 5.56 Å². The van der Waals surface area contributed by atoms with E-state index in [1.54, 1.807) is 24.1 Å². The molecule has 0 aliphatic heterocycles. The number of amides is 1. The van der Waals surface area contributed by atoms with Crippen molar-refractivity contribution < 1.29 is 9.90 Å². The van der Waals surface area contributed by atoms with Crippen molar-refractivity contribution in [3.8, 4) is 5.75 Å². The molecule has 1 aromatic rings. The second kappa shape index (κ2) is 6.46. The molecule has 0 radical (unpaired) electrons. The number of hydrogen-bond acceptors (Lipinski definition) is 3. The minimum Gasteiger partial charge on any atom is -0.507 e. The number of carbonyl (C=O) groups is 1. The lowest BCUT2D eigenvalue weighted by Gasteiger charge is -2.37. The highest BCUT2D eigenvalue weighted by molar-refractivity contribution is 6.30. The molecule has 2 rings (SSSR count). The van der Waals surface area contributed by atoms with Crippen LogP contribution >= 0.6 is 11.6 Å². The number of carbonyl (C=O) groups excluding carboxylic acids is 1. The Labute approximate surface area is 124 Å². The van der Waals surface area contributed by atoms with Crippen LogP contribution in [0.2, 0.25) is 5.02 Å². The number of halogens is 1. The normalized spacial score (nSPS) is 22.6. The van der Waals surface area contributed by atoms with Gasteiger partial charge in [-0.25, -0.2) is 0 Å². The molecule has 0 heterocycles. The Balaban J connectivity index is 2.18. The summed E-state index contributed by atoms with van der Waals surface area (Å²) in [5.41, 5.74) is 6.11. The molecule has 1 fully saturated rings. The van der Waals surface area contributed by atoms with Crippen molar-refractivity contribution in [1.29, 1.82) is 0 Å². The molecule has 0 aromatic heterocycles. The highest BCUT2D eigenvalue weighted by Crippen LogP contribution is 2.30.